The number of hydrogen-bond donors (Lipinski definition) is 0. The van der Waals surface area contributed by atoms with Crippen LogP contribution in [-0.2, 0) is 11.2 Å². The Morgan fingerprint density at radius 3 is 2.30 bits per heavy atom. The van der Waals surface area contributed by atoms with E-state index >= 15 is 0 Å². The maximum atomic E-state index is 14.1. The Morgan fingerprint density at radius 2 is 1.73 bits per heavy atom. The highest BCUT2D eigenvalue weighted by atomic mass is 19.1. The van der Waals surface area contributed by atoms with Crippen LogP contribution in [0, 0.1) is 5.82 Å². The summed E-state index contributed by atoms with van der Waals surface area (Å²) in [6, 6.07) is 12.4. The lowest BCUT2D eigenvalue weighted by Gasteiger charge is -2.23. The summed E-state index contributed by atoms with van der Waals surface area (Å²) in [6.07, 6.45) is 2.30. The SMILES string of the molecule is CC.CC.CCCc1ccc(OC2CCC(C(C)(C)F)O2)cc1-c1cccc(F)c1. The molecule has 0 amide bonds. The van der Waals surface area contributed by atoms with E-state index in [9.17, 15) is 8.78 Å². The van der Waals surface area contributed by atoms with Crippen LogP contribution in [0.25, 0.3) is 11.1 Å². The molecule has 168 valence electrons. The Balaban J connectivity index is 0.00000106. The van der Waals surface area contributed by atoms with Crippen molar-refractivity contribution in [2.24, 2.45) is 0 Å². The molecule has 2 nitrogen and oxygen atoms in total. The molecule has 0 aliphatic carbocycles. The van der Waals surface area contributed by atoms with E-state index < -0.39 is 18.1 Å². The summed E-state index contributed by atoms with van der Waals surface area (Å²) in [4.78, 5) is 0. The monoisotopic (exact) mass is 420 g/mol. The molecule has 2 atom stereocenters. The number of rotatable bonds is 6. The first-order valence-corrected chi connectivity index (χ1v) is 11.3. The van der Waals surface area contributed by atoms with Gasteiger partial charge in [-0.25, -0.2) is 8.78 Å². The summed E-state index contributed by atoms with van der Waals surface area (Å²) in [7, 11) is 0. The van der Waals surface area contributed by atoms with Gasteiger partial charge < -0.3 is 9.47 Å². The van der Waals surface area contributed by atoms with Gasteiger partial charge in [0.15, 0.2) is 6.29 Å². The summed E-state index contributed by atoms with van der Waals surface area (Å²) in [5, 5.41) is 0. The minimum Gasteiger partial charge on any atom is -0.465 e. The van der Waals surface area contributed by atoms with Crippen molar-refractivity contribution in [3.05, 3.63) is 53.8 Å². The van der Waals surface area contributed by atoms with E-state index in [-0.39, 0.29) is 5.82 Å². The fraction of sp³-hybridized carbons (Fsp3) is 0.538. The highest BCUT2D eigenvalue weighted by Crippen LogP contribution is 2.34. The summed E-state index contributed by atoms with van der Waals surface area (Å²) < 4.78 is 39.4. The van der Waals surface area contributed by atoms with Crippen LogP contribution < -0.4 is 4.74 Å². The van der Waals surface area contributed by atoms with Gasteiger partial charge in [0, 0.05) is 6.42 Å². The minimum atomic E-state index is -1.38. The van der Waals surface area contributed by atoms with Crippen molar-refractivity contribution in [3.8, 4) is 16.9 Å². The van der Waals surface area contributed by atoms with Crippen molar-refractivity contribution in [1.29, 1.82) is 0 Å². The van der Waals surface area contributed by atoms with Crippen LogP contribution in [0.1, 0.15) is 73.3 Å². The third kappa shape index (κ3) is 7.39. The Kier molecular flexibility index (Phi) is 11.0. The standard InChI is InChI=1S/C22H26F2O2.2C2H6/c1-4-6-15-9-10-18(14-19(15)16-7-5-8-17(23)13-16)25-21-12-11-20(26-21)22(2,3)24;2*1-2/h5,7-10,13-14,20-21H,4,6,11-12H2,1-3H3;2*1-2H3. The molecule has 30 heavy (non-hydrogen) atoms. The van der Waals surface area contributed by atoms with Gasteiger partial charge in [0.25, 0.3) is 0 Å². The normalized spacial score (nSPS) is 18.0. The first kappa shape index (κ1) is 26.1. The van der Waals surface area contributed by atoms with E-state index in [2.05, 4.69) is 6.92 Å². The number of alkyl halides is 1. The molecular weight excluding hydrogens is 382 g/mol. The van der Waals surface area contributed by atoms with E-state index in [1.807, 2.05) is 52.0 Å². The van der Waals surface area contributed by atoms with Crippen LogP contribution in [0.4, 0.5) is 8.78 Å². The van der Waals surface area contributed by atoms with Crippen molar-refractivity contribution in [1.82, 2.24) is 0 Å². The van der Waals surface area contributed by atoms with Gasteiger partial charge in [0.1, 0.15) is 17.2 Å². The maximum absolute atomic E-state index is 14.1. The van der Waals surface area contributed by atoms with E-state index in [1.54, 1.807) is 6.07 Å². The van der Waals surface area contributed by atoms with Crippen LogP contribution in [0.2, 0.25) is 0 Å². The Bertz CT molecular complexity index is 753. The molecule has 3 rings (SSSR count). The molecule has 0 saturated carbocycles. The second-order valence-corrected chi connectivity index (χ2v) is 7.39. The summed E-state index contributed by atoms with van der Waals surface area (Å²) in [5.41, 5.74) is 1.56. The van der Waals surface area contributed by atoms with Crippen LogP contribution in [0.3, 0.4) is 0 Å². The lowest BCUT2D eigenvalue weighted by molar-refractivity contribution is -0.112. The predicted molar refractivity (Wildman–Crippen MR) is 122 cm³/mol. The molecule has 0 aromatic heterocycles. The maximum Gasteiger partial charge on any atom is 0.200 e. The topological polar surface area (TPSA) is 18.5 Å². The average molecular weight is 421 g/mol. The van der Waals surface area contributed by atoms with Crippen molar-refractivity contribution in [2.45, 2.75) is 92.2 Å². The van der Waals surface area contributed by atoms with Crippen LogP contribution in [0.5, 0.6) is 5.75 Å². The third-order valence-electron chi connectivity index (χ3n) is 4.75. The number of halogens is 2. The summed E-state index contributed by atoms with van der Waals surface area (Å²) in [5.74, 6) is 0.398. The molecule has 2 unspecified atom stereocenters. The number of benzene rings is 2. The first-order chi connectivity index (χ1) is 14.4. The molecule has 1 saturated heterocycles. The average Bonchev–Trinajstić information content (AvgIpc) is 3.21. The van der Waals surface area contributed by atoms with Gasteiger partial charge in [0.05, 0.1) is 6.10 Å². The first-order valence-electron chi connectivity index (χ1n) is 11.3. The fourth-order valence-electron chi connectivity index (χ4n) is 3.39. The molecule has 4 heteroatoms. The zero-order valence-electron chi connectivity index (χ0n) is 19.6. The van der Waals surface area contributed by atoms with Crippen LogP contribution in [-0.4, -0.2) is 18.1 Å². The van der Waals surface area contributed by atoms with E-state index in [4.69, 9.17) is 9.47 Å². The second-order valence-electron chi connectivity index (χ2n) is 7.39. The van der Waals surface area contributed by atoms with Gasteiger partial charge in [-0.15, -0.1) is 0 Å². The highest BCUT2D eigenvalue weighted by Gasteiger charge is 2.38. The predicted octanol–water partition coefficient (Wildman–Crippen LogP) is 8.13. The Hall–Kier alpha value is -1.94. The van der Waals surface area contributed by atoms with Gasteiger partial charge in [0.2, 0.25) is 0 Å². The smallest absolute Gasteiger partial charge is 0.200 e. The molecule has 0 bridgehead atoms. The second kappa shape index (κ2) is 12.7. The van der Waals surface area contributed by atoms with Crippen molar-refractivity contribution in [2.75, 3.05) is 0 Å². The molecular formula is C26H38F2O2. The summed E-state index contributed by atoms with van der Waals surface area (Å²) in [6.45, 7) is 13.2. The molecule has 1 aliphatic rings. The van der Waals surface area contributed by atoms with Crippen LogP contribution >= 0.6 is 0 Å². The number of ether oxygens (including phenoxy) is 2. The minimum absolute atomic E-state index is 0.261. The van der Waals surface area contributed by atoms with Crippen LogP contribution in [0.15, 0.2) is 42.5 Å². The van der Waals surface area contributed by atoms with Gasteiger partial charge in [-0.05, 0) is 67.6 Å². The summed E-state index contributed by atoms with van der Waals surface area (Å²) >= 11 is 0. The zero-order chi connectivity index (χ0) is 22.7. The van der Waals surface area contributed by atoms with Gasteiger partial charge in [-0.2, -0.15) is 0 Å². The molecule has 1 heterocycles. The largest absolute Gasteiger partial charge is 0.465 e. The Morgan fingerprint density at radius 1 is 1.03 bits per heavy atom. The third-order valence-corrected chi connectivity index (χ3v) is 4.75. The molecule has 0 radical (unpaired) electrons. The molecule has 2 aromatic rings. The molecule has 0 N–H and O–H groups in total. The van der Waals surface area contributed by atoms with E-state index in [0.717, 1.165) is 29.5 Å². The van der Waals surface area contributed by atoms with E-state index in [1.165, 1.54) is 26.0 Å². The van der Waals surface area contributed by atoms with Crippen molar-refractivity contribution < 1.29 is 18.3 Å². The quantitative estimate of drug-likeness (QED) is 0.469. The number of aryl methyl sites for hydroxylation is 1. The molecule has 1 fully saturated rings. The molecule has 0 spiro atoms. The lowest BCUT2D eigenvalue weighted by Crippen LogP contribution is -2.32. The highest BCUT2D eigenvalue weighted by molar-refractivity contribution is 5.69. The van der Waals surface area contributed by atoms with Crippen molar-refractivity contribution in [3.63, 3.8) is 0 Å². The van der Waals surface area contributed by atoms with Gasteiger partial charge in [-0.1, -0.05) is 59.2 Å². The molecule has 1 aliphatic heterocycles. The zero-order valence-corrected chi connectivity index (χ0v) is 19.6. The molecule has 2 aromatic carbocycles. The lowest BCUT2D eigenvalue weighted by atomic mass is 9.96. The van der Waals surface area contributed by atoms with Gasteiger partial charge >= 0.3 is 0 Å². The number of hydrogen-bond acceptors (Lipinski definition) is 2. The fourth-order valence-corrected chi connectivity index (χ4v) is 3.39. The van der Waals surface area contributed by atoms with Crippen molar-refractivity contribution >= 4 is 0 Å². The van der Waals surface area contributed by atoms with E-state index in [0.29, 0.717) is 18.6 Å². The van der Waals surface area contributed by atoms with Gasteiger partial charge in [-0.3, -0.25) is 0 Å². The Labute approximate surface area is 181 Å².